The molecule has 1 aromatic heterocycles. The molecule has 1 saturated heterocycles. The first-order chi connectivity index (χ1) is 10.2. The highest BCUT2D eigenvalue weighted by atomic mass is 15.2. The van der Waals surface area contributed by atoms with Gasteiger partial charge in [0.05, 0.1) is 5.56 Å². The maximum Gasteiger partial charge on any atom is 0.147 e. The highest BCUT2D eigenvalue weighted by Gasteiger charge is 2.30. The van der Waals surface area contributed by atoms with E-state index in [2.05, 4.69) is 24.0 Å². The van der Waals surface area contributed by atoms with Crippen molar-refractivity contribution >= 4 is 5.82 Å². The smallest absolute Gasteiger partial charge is 0.147 e. The zero-order chi connectivity index (χ0) is 14.8. The van der Waals surface area contributed by atoms with Crippen LogP contribution < -0.4 is 10.6 Å². The van der Waals surface area contributed by atoms with Gasteiger partial charge in [-0.25, -0.2) is 4.98 Å². The molecule has 112 valence electrons. The standard InChI is InChI=1S/C17H24N4/c1-12-5-4-8-21(16(12)11-19)17-14(10-18)9-13-6-2-3-7-15(13)20-17/h9,12,16H,2-8,11,19H2,1H3. The van der Waals surface area contributed by atoms with Crippen molar-refractivity contribution in [3.8, 4) is 6.07 Å². The van der Waals surface area contributed by atoms with Gasteiger partial charge in [0.25, 0.3) is 0 Å². The molecule has 1 aliphatic carbocycles. The summed E-state index contributed by atoms with van der Waals surface area (Å²) in [5.41, 5.74) is 9.20. The molecule has 4 nitrogen and oxygen atoms in total. The summed E-state index contributed by atoms with van der Waals surface area (Å²) in [6.07, 6.45) is 6.90. The molecule has 2 aliphatic rings. The Bertz CT molecular complexity index is 561. The van der Waals surface area contributed by atoms with Crippen molar-refractivity contribution in [2.24, 2.45) is 11.7 Å². The van der Waals surface area contributed by atoms with Crippen LogP contribution in [0.1, 0.15) is 49.4 Å². The second kappa shape index (κ2) is 6.03. The molecular formula is C17H24N4. The summed E-state index contributed by atoms with van der Waals surface area (Å²) >= 11 is 0. The predicted molar refractivity (Wildman–Crippen MR) is 84.2 cm³/mol. The summed E-state index contributed by atoms with van der Waals surface area (Å²) in [5, 5.41) is 9.53. The molecule has 2 unspecified atom stereocenters. The third kappa shape index (κ3) is 2.63. The fourth-order valence-corrected chi connectivity index (χ4v) is 3.80. The van der Waals surface area contributed by atoms with Gasteiger partial charge in [0.1, 0.15) is 11.9 Å². The number of piperidine rings is 1. The van der Waals surface area contributed by atoms with E-state index in [1.54, 1.807) is 0 Å². The zero-order valence-corrected chi connectivity index (χ0v) is 12.8. The van der Waals surface area contributed by atoms with E-state index in [1.165, 1.54) is 30.5 Å². The molecule has 1 aliphatic heterocycles. The number of rotatable bonds is 2. The van der Waals surface area contributed by atoms with Gasteiger partial charge < -0.3 is 10.6 Å². The van der Waals surface area contributed by atoms with Crippen LogP contribution in [0.4, 0.5) is 5.82 Å². The van der Waals surface area contributed by atoms with Crippen LogP contribution in [0.3, 0.4) is 0 Å². The van der Waals surface area contributed by atoms with Crippen molar-refractivity contribution in [3.05, 3.63) is 22.9 Å². The normalized spacial score (nSPS) is 25.3. The minimum atomic E-state index is 0.306. The minimum Gasteiger partial charge on any atom is -0.351 e. The van der Waals surface area contributed by atoms with Gasteiger partial charge >= 0.3 is 0 Å². The largest absolute Gasteiger partial charge is 0.351 e. The maximum atomic E-state index is 9.53. The SMILES string of the molecule is CC1CCCN(c2nc3c(cc2C#N)CCCC3)C1CN. The molecule has 0 aromatic carbocycles. The summed E-state index contributed by atoms with van der Waals surface area (Å²) in [4.78, 5) is 7.18. The molecule has 0 radical (unpaired) electrons. The summed E-state index contributed by atoms with van der Waals surface area (Å²) < 4.78 is 0. The first-order valence-electron chi connectivity index (χ1n) is 8.14. The van der Waals surface area contributed by atoms with E-state index in [9.17, 15) is 5.26 Å². The summed E-state index contributed by atoms with van der Waals surface area (Å²) in [6, 6.07) is 4.74. The number of aromatic nitrogens is 1. The second-order valence-electron chi connectivity index (χ2n) is 6.40. The van der Waals surface area contributed by atoms with E-state index >= 15 is 0 Å². The lowest BCUT2D eigenvalue weighted by molar-refractivity contribution is 0.347. The Labute approximate surface area is 127 Å². The number of pyridine rings is 1. The molecule has 0 bridgehead atoms. The van der Waals surface area contributed by atoms with Gasteiger partial charge in [-0.15, -0.1) is 0 Å². The van der Waals surface area contributed by atoms with Crippen LogP contribution in [0.5, 0.6) is 0 Å². The van der Waals surface area contributed by atoms with Crippen molar-refractivity contribution in [3.63, 3.8) is 0 Å². The number of anilines is 1. The van der Waals surface area contributed by atoms with Gasteiger partial charge in [-0.05, 0) is 56.1 Å². The lowest BCUT2D eigenvalue weighted by Gasteiger charge is -2.41. The average Bonchev–Trinajstić information content (AvgIpc) is 2.53. The van der Waals surface area contributed by atoms with Crippen LogP contribution in [-0.4, -0.2) is 24.1 Å². The summed E-state index contributed by atoms with van der Waals surface area (Å²) in [6.45, 7) is 3.85. The number of nitrogens with two attached hydrogens (primary N) is 1. The van der Waals surface area contributed by atoms with Gasteiger partial charge in [-0.2, -0.15) is 5.26 Å². The molecule has 21 heavy (non-hydrogen) atoms. The number of aryl methyl sites for hydroxylation is 2. The van der Waals surface area contributed by atoms with Gasteiger partial charge in [0.15, 0.2) is 0 Å². The molecule has 1 aromatic rings. The number of nitriles is 1. The Morgan fingerprint density at radius 3 is 2.95 bits per heavy atom. The molecular weight excluding hydrogens is 260 g/mol. The number of hydrogen-bond donors (Lipinski definition) is 1. The summed E-state index contributed by atoms with van der Waals surface area (Å²) in [5.74, 6) is 1.44. The van der Waals surface area contributed by atoms with Gasteiger partial charge in [0, 0.05) is 24.8 Å². The lowest BCUT2D eigenvalue weighted by atomic mass is 9.90. The Morgan fingerprint density at radius 1 is 1.38 bits per heavy atom. The van der Waals surface area contributed by atoms with Crippen molar-refractivity contribution in [1.29, 1.82) is 5.26 Å². The van der Waals surface area contributed by atoms with E-state index in [1.807, 2.05) is 0 Å². The fraction of sp³-hybridized carbons (Fsp3) is 0.647. The van der Waals surface area contributed by atoms with Crippen molar-refractivity contribution in [2.75, 3.05) is 18.0 Å². The number of nitrogens with zero attached hydrogens (tertiary/aromatic N) is 3. The molecule has 3 rings (SSSR count). The molecule has 4 heteroatoms. The van der Waals surface area contributed by atoms with E-state index < -0.39 is 0 Å². The Balaban J connectivity index is 2.02. The zero-order valence-electron chi connectivity index (χ0n) is 12.8. The second-order valence-corrected chi connectivity index (χ2v) is 6.40. The number of hydrogen-bond acceptors (Lipinski definition) is 4. The van der Waals surface area contributed by atoms with Gasteiger partial charge in [-0.3, -0.25) is 0 Å². The Morgan fingerprint density at radius 2 is 2.19 bits per heavy atom. The van der Waals surface area contributed by atoms with Crippen LogP contribution >= 0.6 is 0 Å². The third-order valence-electron chi connectivity index (χ3n) is 5.03. The Kier molecular flexibility index (Phi) is 4.12. The van der Waals surface area contributed by atoms with Crippen LogP contribution in [0.2, 0.25) is 0 Å². The summed E-state index contributed by atoms with van der Waals surface area (Å²) in [7, 11) is 0. The van der Waals surface area contributed by atoms with Gasteiger partial charge in [0.2, 0.25) is 0 Å². The molecule has 0 saturated carbocycles. The third-order valence-corrected chi connectivity index (χ3v) is 5.03. The monoisotopic (exact) mass is 284 g/mol. The maximum absolute atomic E-state index is 9.53. The topological polar surface area (TPSA) is 65.9 Å². The lowest BCUT2D eigenvalue weighted by Crippen LogP contribution is -2.49. The first-order valence-corrected chi connectivity index (χ1v) is 8.14. The Hall–Kier alpha value is -1.60. The first kappa shape index (κ1) is 14.3. The van der Waals surface area contributed by atoms with Crippen LogP contribution in [0.15, 0.2) is 6.07 Å². The van der Waals surface area contributed by atoms with E-state index in [-0.39, 0.29) is 0 Å². The molecule has 2 N–H and O–H groups in total. The average molecular weight is 284 g/mol. The van der Waals surface area contributed by atoms with Crippen molar-refractivity contribution in [2.45, 2.75) is 51.5 Å². The molecule has 0 spiro atoms. The molecule has 0 amide bonds. The van der Waals surface area contributed by atoms with Crippen LogP contribution in [0.25, 0.3) is 0 Å². The van der Waals surface area contributed by atoms with E-state index in [0.717, 1.165) is 37.2 Å². The van der Waals surface area contributed by atoms with Crippen molar-refractivity contribution < 1.29 is 0 Å². The van der Waals surface area contributed by atoms with E-state index in [0.29, 0.717) is 18.5 Å². The molecule has 1 fully saturated rings. The molecule has 2 atom stereocenters. The number of fused-ring (bicyclic) bond motifs is 1. The quantitative estimate of drug-likeness (QED) is 0.905. The minimum absolute atomic E-state index is 0.306. The van der Waals surface area contributed by atoms with Gasteiger partial charge in [-0.1, -0.05) is 6.92 Å². The highest BCUT2D eigenvalue weighted by Crippen LogP contribution is 2.32. The van der Waals surface area contributed by atoms with Crippen molar-refractivity contribution in [1.82, 2.24) is 4.98 Å². The highest BCUT2D eigenvalue weighted by molar-refractivity contribution is 5.57. The molecule has 2 heterocycles. The van der Waals surface area contributed by atoms with E-state index in [4.69, 9.17) is 10.7 Å². The van der Waals surface area contributed by atoms with Crippen LogP contribution in [0, 0.1) is 17.2 Å². The fourth-order valence-electron chi connectivity index (χ4n) is 3.80. The van der Waals surface area contributed by atoms with Crippen LogP contribution in [-0.2, 0) is 12.8 Å². The predicted octanol–water partition coefficient (Wildman–Crippen LogP) is 2.40.